The number of imidazole rings is 1. The highest BCUT2D eigenvalue weighted by Gasteiger charge is 2.39. The maximum Gasteiger partial charge on any atom is 0.439 e. The van der Waals surface area contributed by atoms with Gasteiger partial charge in [0.1, 0.15) is 11.0 Å². The van der Waals surface area contributed by atoms with Crippen molar-refractivity contribution >= 4 is 28.6 Å². The fraction of sp³-hybridized carbons (Fsp3) is 0.552. The Morgan fingerprint density at radius 1 is 1.12 bits per heavy atom. The summed E-state index contributed by atoms with van der Waals surface area (Å²) in [5, 5.41) is 4.43. The number of methoxy groups -OCH3 is 1. The second kappa shape index (κ2) is 10.8. The molecular weight excluding hydrogens is 546 g/mol. The van der Waals surface area contributed by atoms with Crippen LogP contribution in [0.3, 0.4) is 0 Å². The number of rotatable bonds is 6. The van der Waals surface area contributed by atoms with Crippen LogP contribution in [0.2, 0.25) is 5.02 Å². The lowest BCUT2D eigenvalue weighted by Crippen LogP contribution is -2.49. The van der Waals surface area contributed by atoms with Gasteiger partial charge in [0.15, 0.2) is 11.4 Å². The molecule has 1 saturated heterocycles. The van der Waals surface area contributed by atoms with Crippen molar-refractivity contribution in [3.8, 4) is 28.5 Å². The Balaban J connectivity index is 1.50. The molecule has 0 spiro atoms. The van der Waals surface area contributed by atoms with E-state index in [2.05, 4.69) is 31.5 Å². The van der Waals surface area contributed by atoms with E-state index in [1.54, 1.807) is 19.5 Å². The van der Waals surface area contributed by atoms with Gasteiger partial charge in [0.2, 0.25) is 11.8 Å². The first-order valence-corrected chi connectivity index (χ1v) is 14.9. The molecule has 1 N–H and O–H groups in total. The molecule has 11 nitrogen and oxygen atoms in total. The van der Waals surface area contributed by atoms with Gasteiger partial charge in [-0.05, 0) is 50.0 Å². The van der Waals surface area contributed by atoms with Crippen LogP contribution >= 0.6 is 11.6 Å². The fourth-order valence-electron chi connectivity index (χ4n) is 6.93. The van der Waals surface area contributed by atoms with Crippen molar-refractivity contribution in [3.05, 3.63) is 34.0 Å². The summed E-state index contributed by atoms with van der Waals surface area (Å²) in [7, 11) is 1.59. The molecule has 0 unspecified atom stereocenters. The summed E-state index contributed by atoms with van der Waals surface area (Å²) < 4.78 is 19.3. The van der Waals surface area contributed by atoms with E-state index in [9.17, 15) is 4.79 Å². The van der Waals surface area contributed by atoms with Crippen LogP contribution in [0.4, 0.5) is 5.95 Å². The Labute approximate surface area is 242 Å². The number of morpholine rings is 1. The average molecular weight is 580 g/mol. The molecule has 2 saturated carbocycles. The molecule has 0 aromatic carbocycles. The summed E-state index contributed by atoms with van der Waals surface area (Å²) in [4.78, 5) is 31.7. The van der Waals surface area contributed by atoms with Gasteiger partial charge in [-0.1, -0.05) is 36.5 Å². The Kier molecular flexibility index (Phi) is 6.94. The highest BCUT2D eigenvalue weighted by Crippen LogP contribution is 2.43. The van der Waals surface area contributed by atoms with Crippen molar-refractivity contribution in [3.63, 3.8) is 0 Å². The van der Waals surface area contributed by atoms with Gasteiger partial charge in [-0.3, -0.25) is 14.5 Å². The van der Waals surface area contributed by atoms with Gasteiger partial charge < -0.3 is 18.9 Å². The number of fused-ring (bicyclic) bond motifs is 2. The molecule has 4 aromatic rings. The van der Waals surface area contributed by atoms with Gasteiger partial charge in [-0.25, -0.2) is 14.8 Å². The van der Waals surface area contributed by atoms with E-state index in [0.717, 1.165) is 55.3 Å². The molecule has 1 aliphatic heterocycles. The minimum atomic E-state index is -0.673. The van der Waals surface area contributed by atoms with Crippen molar-refractivity contribution in [2.24, 2.45) is 11.8 Å². The highest BCUT2D eigenvalue weighted by atomic mass is 35.5. The van der Waals surface area contributed by atoms with Crippen LogP contribution in [-0.4, -0.2) is 62.1 Å². The number of nitrogens with zero attached hydrogens (tertiary/aromatic N) is 6. The van der Waals surface area contributed by atoms with Gasteiger partial charge >= 0.3 is 5.76 Å². The lowest BCUT2D eigenvalue weighted by Gasteiger charge is -2.39. The van der Waals surface area contributed by atoms with Gasteiger partial charge in [0.25, 0.3) is 0 Å². The number of anilines is 1. The normalized spacial score (nSPS) is 24.6. The summed E-state index contributed by atoms with van der Waals surface area (Å²) >= 11 is 6.43. The molecule has 5 heterocycles. The van der Waals surface area contributed by atoms with Crippen molar-refractivity contribution in [2.75, 3.05) is 25.2 Å². The summed E-state index contributed by atoms with van der Waals surface area (Å²) in [6.07, 6.45) is 11.6. The molecule has 2 atom stereocenters. The Hall–Kier alpha value is -3.44. The molecular formula is C29H34ClN7O4. The molecule has 3 aliphatic rings. The zero-order chi connectivity index (χ0) is 28.1. The zero-order valence-electron chi connectivity index (χ0n) is 23.3. The van der Waals surface area contributed by atoms with Gasteiger partial charge in [0.05, 0.1) is 36.6 Å². The second-order valence-electron chi connectivity index (χ2n) is 11.6. The third-order valence-corrected chi connectivity index (χ3v) is 9.19. The Bertz CT molecular complexity index is 1620. The minimum absolute atomic E-state index is 0.171. The molecule has 4 aromatic heterocycles. The second-order valence-corrected chi connectivity index (χ2v) is 12.1. The van der Waals surface area contributed by atoms with Crippen LogP contribution in [-0.2, 0) is 11.3 Å². The lowest BCUT2D eigenvalue weighted by molar-refractivity contribution is 0.0247. The number of hydrogen-bond donors (Lipinski definition) is 1. The molecule has 3 fully saturated rings. The quantitative estimate of drug-likeness (QED) is 0.333. The first kappa shape index (κ1) is 26.5. The van der Waals surface area contributed by atoms with Crippen molar-refractivity contribution in [1.82, 2.24) is 29.7 Å². The molecule has 12 heteroatoms. The zero-order valence-corrected chi connectivity index (χ0v) is 24.1. The van der Waals surface area contributed by atoms with Crippen LogP contribution in [0, 0.1) is 11.8 Å². The van der Waals surface area contributed by atoms with Crippen molar-refractivity contribution in [1.29, 1.82) is 0 Å². The molecule has 0 amide bonds. The van der Waals surface area contributed by atoms with Gasteiger partial charge in [-0.2, -0.15) is 0 Å². The number of ether oxygens (including phenoxy) is 2. The standard InChI is InChI=1S/C29H34ClN7O4/c1-16-6-8-17(9-7-16)15-37-25-22(18-12-19(30)14-31-13-18)32-24(27-34-29(38)41-35-27)26(39-2)23(25)33-28(37)36-10-11-40-21-5-3-4-20(21)36/h12-14,16-17,20-21H,3-11,15H2,1-2H3,(H,34,35,38)/t16?,17?,20-,21-/m1/s1. The molecule has 0 radical (unpaired) electrons. The Morgan fingerprint density at radius 2 is 1.98 bits per heavy atom. The summed E-state index contributed by atoms with van der Waals surface area (Å²) in [6, 6.07) is 2.12. The maximum absolute atomic E-state index is 11.9. The summed E-state index contributed by atoms with van der Waals surface area (Å²) in [6.45, 7) is 4.59. The van der Waals surface area contributed by atoms with Crippen LogP contribution < -0.4 is 15.4 Å². The number of hydrogen-bond acceptors (Lipinski definition) is 9. The third-order valence-electron chi connectivity index (χ3n) is 8.99. The number of pyridine rings is 2. The van der Waals surface area contributed by atoms with Crippen LogP contribution in [0.15, 0.2) is 27.8 Å². The van der Waals surface area contributed by atoms with Gasteiger partial charge in [-0.15, -0.1) is 0 Å². The molecule has 2 aliphatic carbocycles. The first-order chi connectivity index (χ1) is 20.0. The molecule has 216 valence electrons. The molecule has 0 bridgehead atoms. The van der Waals surface area contributed by atoms with E-state index < -0.39 is 5.76 Å². The fourth-order valence-corrected chi connectivity index (χ4v) is 7.11. The van der Waals surface area contributed by atoms with Crippen LogP contribution in [0.1, 0.15) is 51.9 Å². The topological polar surface area (TPSA) is 124 Å². The smallest absolute Gasteiger partial charge is 0.439 e. The van der Waals surface area contributed by atoms with E-state index in [1.807, 2.05) is 6.07 Å². The predicted molar refractivity (Wildman–Crippen MR) is 154 cm³/mol. The van der Waals surface area contributed by atoms with E-state index in [1.165, 1.54) is 25.7 Å². The van der Waals surface area contributed by atoms with E-state index in [4.69, 9.17) is 35.6 Å². The maximum atomic E-state index is 11.9. The Morgan fingerprint density at radius 3 is 2.73 bits per heavy atom. The van der Waals surface area contributed by atoms with Crippen molar-refractivity contribution in [2.45, 2.75) is 70.6 Å². The molecule has 7 rings (SSSR count). The van der Waals surface area contributed by atoms with Crippen molar-refractivity contribution < 1.29 is 14.0 Å². The minimum Gasteiger partial charge on any atom is -0.492 e. The number of aromatic amines is 1. The summed E-state index contributed by atoms with van der Waals surface area (Å²) in [5.74, 6) is 2.10. The number of aromatic nitrogens is 6. The SMILES string of the molecule is COc1c(-c2noc(=O)[nH]2)nc(-c2cncc(Cl)c2)c2c1nc(N1CCO[C@@H]3CCC[C@H]31)n2CC1CCC(C)CC1. The first-order valence-electron chi connectivity index (χ1n) is 14.5. The molecule has 41 heavy (non-hydrogen) atoms. The predicted octanol–water partition coefficient (Wildman–Crippen LogP) is 5.08. The van der Waals surface area contributed by atoms with E-state index in [-0.39, 0.29) is 18.0 Å². The third kappa shape index (κ3) is 4.78. The number of H-pyrrole nitrogens is 1. The van der Waals surface area contributed by atoms with Crippen LogP contribution in [0.5, 0.6) is 5.75 Å². The van der Waals surface area contributed by atoms with Crippen LogP contribution in [0.25, 0.3) is 33.8 Å². The van der Waals surface area contributed by atoms with E-state index >= 15 is 0 Å². The number of halogens is 1. The van der Waals surface area contributed by atoms with E-state index in [0.29, 0.717) is 40.2 Å². The summed E-state index contributed by atoms with van der Waals surface area (Å²) in [5.41, 5.74) is 3.23. The lowest BCUT2D eigenvalue weighted by atomic mass is 9.83. The monoisotopic (exact) mass is 579 g/mol. The van der Waals surface area contributed by atoms with Gasteiger partial charge in [0, 0.05) is 31.0 Å². The number of nitrogens with one attached hydrogen (secondary N) is 1. The highest BCUT2D eigenvalue weighted by molar-refractivity contribution is 6.30. The largest absolute Gasteiger partial charge is 0.492 e. The average Bonchev–Trinajstić information content (AvgIpc) is 3.72.